The Bertz CT molecular complexity index is 1110. The molecular weight excluding hydrogens is 408 g/mol. The van der Waals surface area contributed by atoms with Crippen LogP contribution < -0.4 is 20.1 Å². The van der Waals surface area contributed by atoms with Crippen molar-refractivity contribution in [2.45, 2.75) is 12.5 Å². The normalized spacial score (nSPS) is 14.8. The average molecular weight is 427 g/mol. The number of anilines is 2. The van der Waals surface area contributed by atoms with Crippen molar-refractivity contribution in [2.24, 2.45) is 0 Å². The molecule has 0 saturated heterocycles. The van der Waals surface area contributed by atoms with E-state index in [-0.39, 0.29) is 18.2 Å². The van der Waals surface area contributed by atoms with Crippen molar-refractivity contribution in [2.75, 3.05) is 24.9 Å². The first kappa shape index (κ1) is 19.8. The summed E-state index contributed by atoms with van der Waals surface area (Å²) in [4.78, 5) is 25.0. The van der Waals surface area contributed by atoms with Gasteiger partial charge >= 0.3 is 0 Å². The highest BCUT2D eigenvalue weighted by atomic mass is 35.5. The van der Waals surface area contributed by atoms with Crippen molar-refractivity contribution < 1.29 is 19.1 Å². The maximum atomic E-state index is 12.5. The molecule has 0 aliphatic carbocycles. The van der Waals surface area contributed by atoms with Crippen LogP contribution in [0.25, 0.3) is 11.1 Å². The topological polar surface area (TPSA) is 94.5 Å². The van der Waals surface area contributed by atoms with E-state index < -0.39 is 6.04 Å². The van der Waals surface area contributed by atoms with E-state index >= 15 is 0 Å². The second kappa shape index (κ2) is 8.08. The van der Waals surface area contributed by atoms with Gasteiger partial charge in [-0.3, -0.25) is 9.59 Å². The Balaban J connectivity index is 1.55. The van der Waals surface area contributed by atoms with Gasteiger partial charge < -0.3 is 20.1 Å². The molecule has 1 atom stereocenters. The van der Waals surface area contributed by atoms with Crippen LogP contribution in [0.5, 0.6) is 11.5 Å². The van der Waals surface area contributed by atoms with Crippen molar-refractivity contribution in [3.63, 3.8) is 0 Å². The number of aromatic nitrogens is 2. The maximum Gasteiger partial charge on any atom is 0.251 e. The largest absolute Gasteiger partial charge is 0.493 e. The summed E-state index contributed by atoms with van der Waals surface area (Å²) < 4.78 is 12.2. The van der Waals surface area contributed by atoms with E-state index in [9.17, 15) is 9.59 Å². The van der Waals surface area contributed by atoms with Crippen molar-refractivity contribution in [3.8, 4) is 22.6 Å². The lowest BCUT2D eigenvalue weighted by Gasteiger charge is -2.10. The average Bonchev–Trinajstić information content (AvgIpc) is 3.28. The monoisotopic (exact) mass is 426 g/mol. The fourth-order valence-corrected chi connectivity index (χ4v) is 3.48. The Morgan fingerprint density at radius 1 is 1.17 bits per heavy atom. The lowest BCUT2D eigenvalue weighted by atomic mass is 10.1. The minimum Gasteiger partial charge on any atom is -0.493 e. The molecule has 154 valence electrons. The van der Waals surface area contributed by atoms with Crippen molar-refractivity contribution in [1.82, 2.24) is 9.78 Å². The number of nitrogens with one attached hydrogen (secondary N) is 2. The summed E-state index contributed by atoms with van der Waals surface area (Å²) in [5.74, 6) is 1.13. The van der Waals surface area contributed by atoms with E-state index in [2.05, 4.69) is 15.7 Å². The number of fused-ring (bicyclic) bond motifs is 1. The van der Waals surface area contributed by atoms with E-state index in [0.29, 0.717) is 28.0 Å². The lowest BCUT2D eigenvalue weighted by molar-refractivity contribution is -0.123. The number of rotatable bonds is 6. The summed E-state index contributed by atoms with van der Waals surface area (Å²) in [5.41, 5.74) is 2.14. The number of methoxy groups -OCH3 is 2. The number of hydrogen-bond acceptors (Lipinski definition) is 5. The maximum absolute atomic E-state index is 12.5. The molecule has 2 aromatic carbocycles. The van der Waals surface area contributed by atoms with Crippen molar-refractivity contribution >= 4 is 34.9 Å². The molecule has 0 spiro atoms. The molecule has 9 heteroatoms. The van der Waals surface area contributed by atoms with Crippen LogP contribution in [0.3, 0.4) is 0 Å². The molecule has 30 heavy (non-hydrogen) atoms. The molecule has 4 rings (SSSR count). The third kappa shape index (κ3) is 3.69. The fourth-order valence-electron chi connectivity index (χ4n) is 3.35. The number of hydrogen-bond donors (Lipinski definition) is 2. The first-order valence-electron chi connectivity index (χ1n) is 9.16. The van der Waals surface area contributed by atoms with Gasteiger partial charge in [0.1, 0.15) is 11.9 Å². The van der Waals surface area contributed by atoms with Crippen LogP contribution in [0, 0.1) is 0 Å². The summed E-state index contributed by atoms with van der Waals surface area (Å²) in [6.45, 7) is 0. The molecule has 2 amide bonds. The van der Waals surface area contributed by atoms with Crippen LogP contribution in [0.2, 0.25) is 5.02 Å². The number of benzene rings is 2. The van der Waals surface area contributed by atoms with Crippen LogP contribution in [-0.4, -0.2) is 35.8 Å². The summed E-state index contributed by atoms with van der Waals surface area (Å²) >= 11 is 5.86. The van der Waals surface area contributed by atoms with Gasteiger partial charge in [-0.05, 0) is 42.0 Å². The van der Waals surface area contributed by atoms with E-state index in [1.807, 2.05) is 12.1 Å². The Morgan fingerprint density at radius 3 is 2.60 bits per heavy atom. The summed E-state index contributed by atoms with van der Waals surface area (Å²) in [6, 6.07) is 11.5. The number of amides is 2. The molecule has 8 nitrogen and oxygen atoms in total. The third-order valence-electron chi connectivity index (χ3n) is 4.84. The molecule has 0 saturated carbocycles. The first-order chi connectivity index (χ1) is 14.5. The summed E-state index contributed by atoms with van der Waals surface area (Å²) in [7, 11) is 3.12. The quantitative estimate of drug-likeness (QED) is 0.626. The Morgan fingerprint density at radius 2 is 1.90 bits per heavy atom. The number of nitrogens with zero attached hydrogens (tertiary/aromatic N) is 2. The van der Waals surface area contributed by atoms with Gasteiger partial charge in [-0.25, -0.2) is 4.68 Å². The first-order valence-corrected chi connectivity index (χ1v) is 9.54. The van der Waals surface area contributed by atoms with E-state index in [0.717, 1.165) is 11.1 Å². The Kier molecular flexibility index (Phi) is 5.33. The zero-order valence-electron chi connectivity index (χ0n) is 16.3. The van der Waals surface area contributed by atoms with Gasteiger partial charge in [-0.1, -0.05) is 17.7 Å². The number of carbonyl (C=O) groups excluding carboxylic acids is 2. The molecule has 1 aliphatic heterocycles. The zero-order chi connectivity index (χ0) is 21.3. The van der Waals surface area contributed by atoms with E-state index in [1.54, 1.807) is 50.7 Å². The molecule has 1 unspecified atom stereocenters. The van der Waals surface area contributed by atoms with Crippen LogP contribution in [0.4, 0.5) is 11.5 Å². The van der Waals surface area contributed by atoms with E-state index in [4.69, 9.17) is 21.1 Å². The second-order valence-electron chi connectivity index (χ2n) is 6.69. The SMILES string of the molecule is COc1ccc(-c2cnn3c2NC(=O)C3CC(=O)Nc2ccc(Cl)cc2)cc1OC. The minimum absolute atomic E-state index is 0.0471. The van der Waals surface area contributed by atoms with Crippen molar-refractivity contribution in [1.29, 1.82) is 0 Å². The number of carbonyl (C=O) groups is 2. The molecule has 0 bridgehead atoms. The van der Waals surface area contributed by atoms with Gasteiger partial charge in [0.05, 0.1) is 26.8 Å². The number of ether oxygens (including phenoxy) is 2. The second-order valence-corrected chi connectivity index (χ2v) is 7.12. The van der Waals surface area contributed by atoms with E-state index in [1.165, 1.54) is 4.68 Å². The predicted octanol–water partition coefficient (Wildman–Crippen LogP) is 3.74. The zero-order valence-corrected chi connectivity index (χ0v) is 17.1. The van der Waals surface area contributed by atoms with Gasteiger partial charge in [-0.2, -0.15) is 5.10 Å². The molecular formula is C21H19ClN4O4. The smallest absolute Gasteiger partial charge is 0.251 e. The van der Waals surface area contributed by atoms with Crippen molar-refractivity contribution in [3.05, 3.63) is 53.7 Å². The minimum atomic E-state index is -0.735. The molecule has 2 N–H and O–H groups in total. The fraction of sp³-hybridized carbons (Fsp3) is 0.190. The summed E-state index contributed by atoms with van der Waals surface area (Å²) in [6.07, 6.45) is 1.61. The number of halogens is 1. The van der Waals surface area contributed by atoms with Crippen LogP contribution >= 0.6 is 11.6 Å². The summed E-state index contributed by atoms with van der Waals surface area (Å²) in [5, 5.41) is 10.5. The predicted molar refractivity (Wildman–Crippen MR) is 113 cm³/mol. The molecule has 1 aliphatic rings. The standard InChI is InChI=1S/C21H19ClN4O4/c1-29-17-8-3-12(9-18(17)30-2)15-11-23-26-16(21(28)25-20(15)26)10-19(27)24-14-6-4-13(22)5-7-14/h3-9,11,16H,10H2,1-2H3,(H,24,27)(H,25,28). The molecule has 1 aromatic heterocycles. The van der Waals surface area contributed by atoms with Gasteiger partial charge in [0, 0.05) is 16.3 Å². The van der Waals surface area contributed by atoms with Crippen LogP contribution in [-0.2, 0) is 9.59 Å². The van der Waals surface area contributed by atoms with Gasteiger partial charge in [0.15, 0.2) is 11.5 Å². The molecule has 2 heterocycles. The van der Waals surface area contributed by atoms with Gasteiger partial charge in [0.2, 0.25) is 5.91 Å². The highest BCUT2D eigenvalue weighted by Crippen LogP contribution is 2.39. The van der Waals surface area contributed by atoms with Gasteiger partial charge in [0.25, 0.3) is 5.91 Å². The molecule has 0 fully saturated rings. The Labute approximate surface area is 177 Å². The van der Waals surface area contributed by atoms with Gasteiger partial charge in [-0.15, -0.1) is 0 Å². The highest BCUT2D eigenvalue weighted by molar-refractivity contribution is 6.30. The van der Waals surface area contributed by atoms with Crippen LogP contribution in [0.15, 0.2) is 48.7 Å². The Hall–Kier alpha value is -3.52. The third-order valence-corrected chi connectivity index (χ3v) is 5.09. The molecule has 3 aromatic rings. The highest BCUT2D eigenvalue weighted by Gasteiger charge is 2.35. The molecule has 0 radical (unpaired) electrons. The lowest BCUT2D eigenvalue weighted by Crippen LogP contribution is -2.23. The van der Waals surface area contributed by atoms with Crippen LogP contribution in [0.1, 0.15) is 12.5 Å².